The maximum absolute atomic E-state index is 12.0. The van der Waals surface area contributed by atoms with Crippen LogP contribution in [0.25, 0.3) is 0 Å². The summed E-state index contributed by atoms with van der Waals surface area (Å²) >= 11 is 6.07. The normalized spacial score (nSPS) is 13.5. The molecule has 0 aliphatic heterocycles. The van der Waals surface area contributed by atoms with E-state index in [-0.39, 0.29) is 18.4 Å². The van der Waals surface area contributed by atoms with Gasteiger partial charge in [-0.25, -0.2) is 0 Å². The van der Waals surface area contributed by atoms with Gasteiger partial charge in [0.15, 0.2) is 0 Å². The maximum atomic E-state index is 12.0. The standard InChI is InChI=1S/C16H22ClNO3/c1-3-6-13(16(20)21)10-18-15(19)11(2)9-12-7-4-5-8-14(12)17/h4-5,7-8,11,13H,3,6,9-10H2,1-2H3,(H,18,19)(H,20,21). The summed E-state index contributed by atoms with van der Waals surface area (Å²) in [5, 5.41) is 12.4. The Labute approximate surface area is 130 Å². The van der Waals surface area contributed by atoms with Crippen molar-refractivity contribution in [2.75, 3.05) is 6.54 Å². The largest absolute Gasteiger partial charge is 0.481 e. The van der Waals surface area contributed by atoms with Crippen LogP contribution in [0.5, 0.6) is 0 Å². The number of hydrogen-bond donors (Lipinski definition) is 2. The van der Waals surface area contributed by atoms with E-state index in [1.165, 1.54) is 0 Å². The van der Waals surface area contributed by atoms with Gasteiger partial charge in [0, 0.05) is 17.5 Å². The number of hydrogen-bond acceptors (Lipinski definition) is 2. The van der Waals surface area contributed by atoms with Crippen LogP contribution in [0.4, 0.5) is 0 Å². The molecule has 116 valence electrons. The molecule has 1 aromatic rings. The van der Waals surface area contributed by atoms with Gasteiger partial charge in [0.1, 0.15) is 0 Å². The van der Waals surface area contributed by atoms with Crippen molar-refractivity contribution < 1.29 is 14.7 Å². The fourth-order valence-electron chi connectivity index (χ4n) is 2.15. The number of carbonyl (C=O) groups excluding carboxylic acids is 1. The SMILES string of the molecule is CCCC(CNC(=O)C(C)Cc1ccccc1Cl)C(=O)O. The molecule has 0 heterocycles. The van der Waals surface area contributed by atoms with E-state index in [0.717, 1.165) is 12.0 Å². The molecule has 0 saturated heterocycles. The van der Waals surface area contributed by atoms with Crippen molar-refractivity contribution in [3.63, 3.8) is 0 Å². The van der Waals surface area contributed by atoms with Crippen LogP contribution in [0.1, 0.15) is 32.3 Å². The number of amides is 1. The van der Waals surface area contributed by atoms with Gasteiger partial charge in [-0.3, -0.25) is 9.59 Å². The molecule has 0 aliphatic rings. The number of nitrogens with one attached hydrogen (secondary N) is 1. The Hall–Kier alpha value is -1.55. The Morgan fingerprint density at radius 1 is 1.33 bits per heavy atom. The predicted octanol–water partition coefficient (Wildman–Crippen LogP) is 3.14. The zero-order valence-electron chi connectivity index (χ0n) is 12.4. The highest BCUT2D eigenvalue weighted by Crippen LogP contribution is 2.18. The third-order valence-electron chi connectivity index (χ3n) is 3.44. The van der Waals surface area contributed by atoms with Gasteiger partial charge in [-0.1, -0.05) is 50.1 Å². The molecular formula is C16H22ClNO3. The Morgan fingerprint density at radius 2 is 2.00 bits per heavy atom. The Morgan fingerprint density at radius 3 is 2.57 bits per heavy atom. The van der Waals surface area contributed by atoms with Gasteiger partial charge in [0.05, 0.1) is 5.92 Å². The third kappa shape index (κ3) is 5.76. The second kappa shape index (κ2) is 8.67. The fourth-order valence-corrected chi connectivity index (χ4v) is 2.36. The van der Waals surface area contributed by atoms with Crippen LogP contribution in [0, 0.1) is 11.8 Å². The van der Waals surface area contributed by atoms with Crippen molar-refractivity contribution in [2.45, 2.75) is 33.1 Å². The lowest BCUT2D eigenvalue weighted by Crippen LogP contribution is -2.36. The van der Waals surface area contributed by atoms with Crippen molar-refractivity contribution in [1.82, 2.24) is 5.32 Å². The highest BCUT2D eigenvalue weighted by molar-refractivity contribution is 6.31. The zero-order chi connectivity index (χ0) is 15.8. The summed E-state index contributed by atoms with van der Waals surface area (Å²) in [4.78, 5) is 23.1. The molecule has 0 saturated carbocycles. The lowest BCUT2D eigenvalue weighted by atomic mass is 9.99. The summed E-state index contributed by atoms with van der Waals surface area (Å²) in [5.41, 5.74) is 0.921. The molecular weight excluding hydrogens is 290 g/mol. The van der Waals surface area contributed by atoms with Gasteiger partial charge in [0.25, 0.3) is 0 Å². The second-order valence-corrected chi connectivity index (χ2v) is 5.67. The maximum Gasteiger partial charge on any atom is 0.308 e. The predicted molar refractivity (Wildman–Crippen MR) is 83.4 cm³/mol. The number of carboxylic acid groups (broad SMARTS) is 1. The molecule has 5 heteroatoms. The van der Waals surface area contributed by atoms with Crippen molar-refractivity contribution in [2.24, 2.45) is 11.8 Å². The van der Waals surface area contributed by atoms with Crippen LogP contribution in [0.2, 0.25) is 5.02 Å². The van der Waals surface area contributed by atoms with E-state index in [0.29, 0.717) is 17.9 Å². The van der Waals surface area contributed by atoms with Crippen LogP contribution in [-0.2, 0) is 16.0 Å². The highest BCUT2D eigenvalue weighted by atomic mass is 35.5. The van der Waals surface area contributed by atoms with Crippen molar-refractivity contribution in [1.29, 1.82) is 0 Å². The number of halogens is 1. The molecule has 21 heavy (non-hydrogen) atoms. The van der Waals surface area contributed by atoms with Crippen molar-refractivity contribution >= 4 is 23.5 Å². The van der Waals surface area contributed by atoms with Crippen molar-refractivity contribution in [3.05, 3.63) is 34.9 Å². The van der Waals surface area contributed by atoms with Gasteiger partial charge >= 0.3 is 5.97 Å². The van der Waals surface area contributed by atoms with E-state index in [1.807, 2.05) is 32.0 Å². The molecule has 2 N–H and O–H groups in total. The minimum Gasteiger partial charge on any atom is -0.481 e. The van der Waals surface area contributed by atoms with Gasteiger partial charge in [0.2, 0.25) is 5.91 Å². The van der Waals surface area contributed by atoms with Crippen LogP contribution >= 0.6 is 11.6 Å². The highest BCUT2D eigenvalue weighted by Gasteiger charge is 2.20. The Balaban J connectivity index is 2.51. The first kappa shape index (κ1) is 17.5. The first-order valence-corrected chi connectivity index (χ1v) is 7.57. The smallest absolute Gasteiger partial charge is 0.308 e. The molecule has 0 fully saturated rings. The summed E-state index contributed by atoms with van der Waals surface area (Å²) in [7, 11) is 0. The average molecular weight is 312 g/mol. The van der Waals surface area contributed by atoms with Gasteiger partial charge < -0.3 is 10.4 Å². The van der Waals surface area contributed by atoms with Crippen molar-refractivity contribution in [3.8, 4) is 0 Å². The van der Waals surface area contributed by atoms with E-state index >= 15 is 0 Å². The average Bonchev–Trinajstić information content (AvgIpc) is 2.45. The van der Waals surface area contributed by atoms with E-state index in [9.17, 15) is 9.59 Å². The number of carboxylic acids is 1. The minimum atomic E-state index is -0.865. The van der Waals surface area contributed by atoms with Crippen LogP contribution < -0.4 is 5.32 Å². The molecule has 0 aliphatic carbocycles. The molecule has 0 aromatic heterocycles. The summed E-state index contributed by atoms with van der Waals surface area (Å²) < 4.78 is 0. The Kier molecular flexibility index (Phi) is 7.23. The summed E-state index contributed by atoms with van der Waals surface area (Å²) in [5.74, 6) is -1.78. The molecule has 1 amide bonds. The number of benzene rings is 1. The van der Waals surface area contributed by atoms with Crippen LogP contribution in [0.3, 0.4) is 0 Å². The second-order valence-electron chi connectivity index (χ2n) is 5.27. The summed E-state index contributed by atoms with van der Waals surface area (Å²) in [6, 6.07) is 7.42. The lowest BCUT2D eigenvalue weighted by molar-refractivity contribution is -0.142. The van der Waals surface area contributed by atoms with Gasteiger partial charge in [-0.15, -0.1) is 0 Å². The number of aliphatic carboxylic acids is 1. The lowest BCUT2D eigenvalue weighted by Gasteiger charge is -2.16. The van der Waals surface area contributed by atoms with Gasteiger partial charge in [-0.05, 0) is 24.5 Å². The monoisotopic (exact) mass is 311 g/mol. The number of carbonyl (C=O) groups is 2. The topological polar surface area (TPSA) is 66.4 Å². The zero-order valence-corrected chi connectivity index (χ0v) is 13.2. The Bertz CT molecular complexity index is 490. The first-order chi connectivity index (χ1) is 9.95. The van der Waals surface area contributed by atoms with E-state index in [1.54, 1.807) is 6.07 Å². The van der Waals surface area contributed by atoms with E-state index < -0.39 is 11.9 Å². The molecule has 4 nitrogen and oxygen atoms in total. The minimum absolute atomic E-state index is 0.141. The number of rotatable bonds is 8. The fraction of sp³-hybridized carbons (Fsp3) is 0.500. The molecule has 1 rings (SSSR count). The van der Waals surface area contributed by atoms with Crippen LogP contribution in [0.15, 0.2) is 24.3 Å². The molecule has 2 atom stereocenters. The first-order valence-electron chi connectivity index (χ1n) is 7.19. The molecule has 0 bridgehead atoms. The van der Waals surface area contributed by atoms with E-state index in [4.69, 9.17) is 16.7 Å². The quantitative estimate of drug-likeness (QED) is 0.775. The summed E-state index contributed by atoms with van der Waals surface area (Å²) in [6.45, 7) is 3.92. The molecule has 0 radical (unpaired) electrons. The molecule has 1 aromatic carbocycles. The summed E-state index contributed by atoms with van der Waals surface area (Å²) in [6.07, 6.45) is 1.88. The third-order valence-corrected chi connectivity index (χ3v) is 3.81. The van der Waals surface area contributed by atoms with E-state index in [2.05, 4.69) is 5.32 Å². The molecule has 2 unspecified atom stereocenters. The molecule has 0 spiro atoms. The van der Waals surface area contributed by atoms with Gasteiger partial charge in [-0.2, -0.15) is 0 Å². The van der Waals surface area contributed by atoms with Crippen LogP contribution in [-0.4, -0.2) is 23.5 Å².